The van der Waals surface area contributed by atoms with Gasteiger partial charge in [0.2, 0.25) is 24.2 Å². The molecule has 2 aliphatic heterocycles. The first-order valence-electron chi connectivity index (χ1n) is 11.2. The number of hydrogen-bond donors (Lipinski definition) is 0. The van der Waals surface area contributed by atoms with E-state index in [1.807, 2.05) is 0 Å². The van der Waals surface area contributed by atoms with Gasteiger partial charge in [0.25, 0.3) is 0 Å². The molecule has 2 aliphatic rings. The third kappa shape index (κ3) is 4.02. The van der Waals surface area contributed by atoms with E-state index in [-0.39, 0.29) is 25.7 Å². The van der Waals surface area contributed by atoms with Gasteiger partial charge in [0.1, 0.15) is 18.1 Å². The van der Waals surface area contributed by atoms with Crippen molar-refractivity contribution in [1.82, 2.24) is 4.57 Å². The second kappa shape index (κ2) is 9.69. The minimum absolute atomic E-state index is 0.0151. The molecule has 5 rings (SSSR count). The van der Waals surface area contributed by atoms with Crippen molar-refractivity contribution in [2.75, 3.05) is 40.1 Å². The molecule has 11 nitrogen and oxygen atoms in total. The van der Waals surface area contributed by atoms with Crippen molar-refractivity contribution >= 4 is 34.7 Å². The number of benzene rings is 2. The van der Waals surface area contributed by atoms with E-state index >= 15 is 0 Å². The zero-order valence-electron chi connectivity index (χ0n) is 20.6. The zero-order valence-corrected chi connectivity index (χ0v) is 21.4. The quantitative estimate of drug-likeness (QED) is 0.427. The lowest BCUT2D eigenvalue weighted by molar-refractivity contribution is -0.141. The summed E-state index contributed by atoms with van der Waals surface area (Å²) < 4.78 is 33.7. The summed E-state index contributed by atoms with van der Waals surface area (Å²) in [6.45, 7) is -0.337. The Morgan fingerprint density at radius 3 is 2.41 bits per heavy atom. The van der Waals surface area contributed by atoms with Crippen LogP contribution in [0.1, 0.15) is 22.8 Å². The Balaban J connectivity index is 1.73. The maximum absolute atomic E-state index is 13.7. The van der Waals surface area contributed by atoms with Crippen LogP contribution in [0.3, 0.4) is 0 Å². The highest BCUT2D eigenvalue weighted by Crippen LogP contribution is 2.54. The van der Waals surface area contributed by atoms with Gasteiger partial charge in [-0.2, -0.15) is 0 Å². The second-order valence-electron chi connectivity index (χ2n) is 8.17. The van der Waals surface area contributed by atoms with Gasteiger partial charge in [-0.1, -0.05) is 11.3 Å². The van der Waals surface area contributed by atoms with Crippen LogP contribution in [0.2, 0.25) is 0 Å². The molecule has 3 heterocycles. The highest BCUT2D eigenvalue weighted by Gasteiger charge is 2.41. The topological polar surface area (TPSA) is 115 Å². The number of ether oxygens (including phenoxy) is 6. The smallest absolute Gasteiger partial charge is 0.325 e. The van der Waals surface area contributed by atoms with Crippen LogP contribution in [0, 0.1) is 0 Å². The number of thiazole rings is 1. The van der Waals surface area contributed by atoms with Crippen molar-refractivity contribution in [3.05, 3.63) is 50.4 Å². The molecule has 0 saturated heterocycles. The van der Waals surface area contributed by atoms with Gasteiger partial charge >= 0.3 is 10.8 Å². The van der Waals surface area contributed by atoms with Gasteiger partial charge in [0.05, 0.1) is 39.0 Å². The number of hydrogen-bond acceptors (Lipinski definition) is 10. The van der Waals surface area contributed by atoms with Gasteiger partial charge in [-0.15, -0.1) is 0 Å². The molecular weight excluding hydrogens is 504 g/mol. The number of anilines is 2. The van der Waals surface area contributed by atoms with Gasteiger partial charge in [0.15, 0.2) is 11.5 Å². The zero-order chi connectivity index (χ0) is 26.3. The molecule has 0 saturated carbocycles. The first-order valence-corrected chi connectivity index (χ1v) is 12.0. The van der Waals surface area contributed by atoms with Gasteiger partial charge in [-0.05, 0) is 30.3 Å². The highest BCUT2D eigenvalue weighted by atomic mass is 32.1. The first kappa shape index (κ1) is 24.5. The van der Waals surface area contributed by atoms with E-state index in [2.05, 4.69) is 0 Å². The molecule has 1 aromatic heterocycles. The number of fused-ring (bicyclic) bond motifs is 2. The molecule has 0 N–H and O–H groups in total. The Morgan fingerprint density at radius 2 is 1.76 bits per heavy atom. The van der Waals surface area contributed by atoms with E-state index in [0.29, 0.717) is 50.7 Å². The fourth-order valence-corrected chi connectivity index (χ4v) is 5.69. The van der Waals surface area contributed by atoms with E-state index in [1.54, 1.807) is 37.4 Å². The molecular formula is C25H24N2O9S. The van der Waals surface area contributed by atoms with Crippen LogP contribution in [-0.4, -0.2) is 51.7 Å². The van der Waals surface area contributed by atoms with Crippen molar-refractivity contribution in [3.63, 3.8) is 0 Å². The molecule has 37 heavy (non-hydrogen) atoms. The number of esters is 1. The summed E-state index contributed by atoms with van der Waals surface area (Å²) in [6.07, 6.45) is 0.0242. The van der Waals surface area contributed by atoms with Crippen molar-refractivity contribution < 1.29 is 38.0 Å². The van der Waals surface area contributed by atoms with Crippen LogP contribution in [0.4, 0.5) is 11.5 Å². The molecule has 1 atom stereocenters. The Labute approximate surface area is 215 Å². The third-order valence-corrected chi connectivity index (χ3v) is 7.36. The van der Waals surface area contributed by atoms with E-state index in [4.69, 9.17) is 28.4 Å². The van der Waals surface area contributed by atoms with E-state index in [1.165, 1.54) is 30.8 Å². The first-order chi connectivity index (χ1) is 17.9. The summed E-state index contributed by atoms with van der Waals surface area (Å²) >= 11 is 0.959. The Kier molecular flexibility index (Phi) is 6.42. The number of rotatable bonds is 7. The van der Waals surface area contributed by atoms with Crippen molar-refractivity contribution in [3.8, 4) is 28.7 Å². The van der Waals surface area contributed by atoms with Crippen LogP contribution in [0.25, 0.3) is 0 Å². The lowest BCUT2D eigenvalue weighted by Gasteiger charge is -2.33. The predicted molar refractivity (Wildman–Crippen MR) is 133 cm³/mol. The summed E-state index contributed by atoms with van der Waals surface area (Å²) in [4.78, 5) is 40.8. The molecule has 0 aliphatic carbocycles. The minimum atomic E-state index is -0.616. The van der Waals surface area contributed by atoms with Crippen LogP contribution >= 0.6 is 11.3 Å². The molecule has 2 aromatic carbocycles. The highest BCUT2D eigenvalue weighted by molar-refractivity contribution is 7.10. The molecule has 0 radical (unpaired) electrons. The van der Waals surface area contributed by atoms with Crippen LogP contribution in [0.15, 0.2) is 35.1 Å². The normalized spacial score (nSPS) is 15.8. The molecule has 0 bridgehead atoms. The van der Waals surface area contributed by atoms with Gasteiger partial charge < -0.3 is 28.4 Å². The van der Waals surface area contributed by atoms with E-state index in [0.717, 1.165) is 11.3 Å². The molecule has 1 amide bonds. The lowest BCUT2D eigenvalue weighted by atomic mass is 9.89. The van der Waals surface area contributed by atoms with Crippen LogP contribution in [0.5, 0.6) is 28.7 Å². The average Bonchev–Trinajstić information content (AvgIpc) is 3.51. The molecule has 0 unspecified atom stereocenters. The minimum Gasteiger partial charge on any atom is -0.497 e. The summed E-state index contributed by atoms with van der Waals surface area (Å²) in [7, 11) is 5.76. The summed E-state index contributed by atoms with van der Waals surface area (Å²) in [5.74, 6) is 0.988. The number of carbonyl (C=O) groups is 2. The van der Waals surface area contributed by atoms with Crippen LogP contribution < -0.4 is 33.5 Å². The largest absolute Gasteiger partial charge is 0.497 e. The summed E-state index contributed by atoms with van der Waals surface area (Å²) in [5.41, 5.74) is 1.12. The number of carbonyl (C=O) groups excluding carboxylic acids is 2. The maximum atomic E-state index is 13.7. The Morgan fingerprint density at radius 1 is 1.03 bits per heavy atom. The lowest BCUT2D eigenvalue weighted by Crippen LogP contribution is -2.36. The van der Waals surface area contributed by atoms with Crippen molar-refractivity contribution in [2.24, 2.45) is 0 Å². The predicted octanol–water partition coefficient (Wildman–Crippen LogP) is 3.04. The van der Waals surface area contributed by atoms with Gasteiger partial charge in [0, 0.05) is 17.9 Å². The Bertz CT molecular complexity index is 1430. The molecule has 0 spiro atoms. The van der Waals surface area contributed by atoms with Crippen LogP contribution in [-0.2, 0) is 20.9 Å². The van der Waals surface area contributed by atoms with Crippen molar-refractivity contribution in [2.45, 2.75) is 18.9 Å². The van der Waals surface area contributed by atoms with E-state index in [9.17, 15) is 14.4 Å². The maximum Gasteiger partial charge on any atom is 0.325 e. The monoisotopic (exact) mass is 528 g/mol. The molecule has 3 aromatic rings. The van der Waals surface area contributed by atoms with Gasteiger partial charge in [-0.3, -0.25) is 23.9 Å². The fourth-order valence-electron chi connectivity index (χ4n) is 4.60. The Hall–Kier alpha value is -4.19. The average molecular weight is 529 g/mol. The second-order valence-corrected chi connectivity index (χ2v) is 9.16. The SMILES string of the molecule is COC(=O)Cn1c2c(sc1=O)[C@H](c1cc3c(c(OC)c1OC)OCO3)CC(=O)N2c1ccc(OC)cc1. The number of methoxy groups -OCH3 is 4. The van der Waals surface area contributed by atoms with Gasteiger partial charge in [-0.25, -0.2) is 0 Å². The third-order valence-electron chi connectivity index (χ3n) is 6.28. The number of aromatic nitrogens is 1. The molecule has 12 heteroatoms. The standard InChI is InChI=1S/C25H24N2O9S/c1-31-14-7-5-13(6-8-14)27-18(28)10-16(23-24(27)26(25(30)37-23)11-19(29)32-2)15-9-17-21(36-12-35-17)22(34-4)20(15)33-3/h5-9,16H,10-12H2,1-4H3/t16-/m0/s1. The fraction of sp³-hybridized carbons (Fsp3) is 0.320. The summed E-state index contributed by atoms with van der Waals surface area (Å²) in [5, 5.41) is 0. The van der Waals surface area contributed by atoms with E-state index < -0.39 is 16.8 Å². The van der Waals surface area contributed by atoms with Crippen molar-refractivity contribution in [1.29, 1.82) is 0 Å². The number of amides is 1. The summed E-state index contributed by atoms with van der Waals surface area (Å²) in [6, 6.07) is 8.61. The number of nitrogens with zero attached hydrogens (tertiary/aromatic N) is 2. The molecule has 194 valence electrons. The molecule has 0 fully saturated rings.